The summed E-state index contributed by atoms with van der Waals surface area (Å²) in [7, 11) is 0. The lowest BCUT2D eigenvalue weighted by atomic mass is 10.1. The highest BCUT2D eigenvalue weighted by molar-refractivity contribution is 5.79. The first kappa shape index (κ1) is 13.9. The molecular formula is C15H22N2O2. The van der Waals surface area contributed by atoms with Gasteiger partial charge in [-0.25, -0.2) is 0 Å². The van der Waals surface area contributed by atoms with Crippen LogP contribution in [0.4, 0.5) is 0 Å². The van der Waals surface area contributed by atoms with Crippen LogP contribution in [0.15, 0.2) is 18.2 Å². The molecule has 0 spiro atoms. The first-order valence-electron chi connectivity index (χ1n) is 6.81. The van der Waals surface area contributed by atoms with Gasteiger partial charge in [0, 0.05) is 12.5 Å². The number of hydrogen-bond donors (Lipinski definition) is 2. The van der Waals surface area contributed by atoms with Crippen molar-refractivity contribution in [1.29, 1.82) is 0 Å². The highest BCUT2D eigenvalue weighted by Gasteiger charge is 2.26. The summed E-state index contributed by atoms with van der Waals surface area (Å²) < 4.78 is 5.70. The maximum absolute atomic E-state index is 11.3. The lowest BCUT2D eigenvalue weighted by Gasteiger charge is -2.15. The van der Waals surface area contributed by atoms with Crippen molar-refractivity contribution >= 4 is 5.91 Å². The van der Waals surface area contributed by atoms with Gasteiger partial charge in [-0.1, -0.05) is 6.07 Å². The third-order valence-corrected chi connectivity index (χ3v) is 3.23. The number of nitrogens with two attached hydrogens (primary N) is 1. The molecule has 0 aliphatic heterocycles. The van der Waals surface area contributed by atoms with Gasteiger partial charge < -0.3 is 15.8 Å². The van der Waals surface area contributed by atoms with Crippen molar-refractivity contribution in [3.63, 3.8) is 0 Å². The Labute approximate surface area is 114 Å². The average Bonchev–Trinajstić information content (AvgIpc) is 3.10. The Morgan fingerprint density at radius 3 is 2.53 bits per heavy atom. The second-order valence-corrected chi connectivity index (χ2v) is 5.36. The molecule has 1 aliphatic carbocycles. The molecule has 1 atom stereocenters. The Hall–Kier alpha value is -1.55. The van der Waals surface area contributed by atoms with Crippen LogP contribution in [-0.4, -0.2) is 24.6 Å². The molecule has 4 nitrogen and oxygen atoms in total. The number of aryl methyl sites for hydroxylation is 2. The molecule has 0 saturated heterocycles. The van der Waals surface area contributed by atoms with Crippen molar-refractivity contribution in [2.24, 2.45) is 5.73 Å². The van der Waals surface area contributed by atoms with Crippen LogP contribution in [0.1, 0.15) is 30.4 Å². The van der Waals surface area contributed by atoms with Gasteiger partial charge in [0.25, 0.3) is 0 Å². The number of benzene rings is 1. The molecule has 0 radical (unpaired) electrons. The molecule has 4 heteroatoms. The highest BCUT2D eigenvalue weighted by atomic mass is 16.5. The summed E-state index contributed by atoms with van der Waals surface area (Å²) >= 11 is 0. The van der Waals surface area contributed by atoms with Gasteiger partial charge in [-0.05, 0) is 49.9 Å². The Morgan fingerprint density at radius 1 is 1.37 bits per heavy atom. The van der Waals surface area contributed by atoms with Gasteiger partial charge >= 0.3 is 0 Å². The molecule has 1 aliphatic rings. The van der Waals surface area contributed by atoms with Gasteiger partial charge in [-0.3, -0.25) is 4.79 Å². The first-order chi connectivity index (χ1) is 9.04. The largest absolute Gasteiger partial charge is 0.494 e. The zero-order chi connectivity index (χ0) is 13.8. The molecule has 3 N–H and O–H groups in total. The predicted octanol–water partition coefficient (Wildman–Crippen LogP) is 1.68. The van der Waals surface area contributed by atoms with E-state index in [2.05, 4.69) is 11.4 Å². The molecule has 1 fully saturated rings. The van der Waals surface area contributed by atoms with E-state index in [1.807, 2.05) is 26.0 Å². The SMILES string of the molecule is Cc1cc(C)cc(OCCC(NC2CC2)C(N)=O)c1. The number of ether oxygens (including phenoxy) is 1. The van der Waals surface area contributed by atoms with Crippen molar-refractivity contribution in [2.75, 3.05) is 6.61 Å². The maximum atomic E-state index is 11.3. The lowest BCUT2D eigenvalue weighted by Crippen LogP contribution is -2.43. The molecule has 104 valence electrons. The predicted molar refractivity (Wildman–Crippen MR) is 75.2 cm³/mol. The van der Waals surface area contributed by atoms with Crippen LogP contribution in [0.5, 0.6) is 5.75 Å². The lowest BCUT2D eigenvalue weighted by molar-refractivity contribution is -0.120. The number of rotatable bonds is 7. The molecule has 0 bridgehead atoms. The van der Waals surface area contributed by atoms with Crippen LogP contribution in [0.25, 0.3) is 0 Å². The maximum Gasteiger partial charge on any atom is 0.234 e. The molecule has 1 saturated carbocycles. The van der Waals surface area contributed by atoms with Gasteiger partial charge in [-0.15, -0.1) is 0 Å². The molecule has 1 aromatic rings. The van der Waals surface area contributed by atoms with Gasteiger partial charge in [0.15, 0.2) is 0 Å². The van der Waals surface area contributed by atoms with Crippen LogP contribution in [0.3, 0.4) is 0 Å². The minimum atomic E-state index is -0.295. The van der Waals surface area contributed by atoms with E-state index in [9.17, 15) is 4.79 Å². The Balaban J connectivity index is 1.81. The van der Waals surface area contributed by atoms with Gasteiger partial charge in [0.05, 0.1) is 12.6 Å². The van der Waals surface area contributed by atoms with Gasteiger partial charge in [0.1, 0.15) is 5.75 Å². The summed E-state index contributed by atoms with van der Waals surface area (Å²) in [6, 6.07) is 6.30. The molecule has 19 heavy (non-hydrogen) atoms. The number of primary amides is 1. The van der Waals surface area contributed by atoms with Crippen LogP contribution < -0.4 is 15.8 Å². The topological polar surface area (TPSA) is 64.3 Å². The van der Waals surface area contributed by atoms with Crippen LogP contribution in [-0.2, 0) is 4.79 Å². The number of carbonyl (C=O) groups excluding carboxylic acids is 1. The summed E-state index contributed by atoms with van der Waals surface area (Å²) in [5.74, 6) is 0.558. The molecule has 0 aromatic heterocycles. The van der Waals surface area contributed by atoms with Crippen LogP contribution in [0.2, 0.25) is 0 Å². The normalized spacial score (nSPS) is 16.1. The van der Waals surface area contributed by atoms with Gasteiger partial charge in [-0.2, -0.15) is 0 Å². The smallest absolute Gasteiger partial charge is 0.234 e. The summed E-state index contributed by atoms with van der Waals surface area (Å²) in [5.41, 5.74) is 7.74. The van der Waals surface area contributed by atoms with Crippen molar-refractivity contribution in [1.82, 2.24) is 5.32 Å². The van der Waals surface area contributed by atoms with Crippen LogP contribution >= 0.6 is 0 Å². The Kier molecular flexibility index (Phi) is 4.43. The van der Waals surface area contributed by atoms with Crippen LogP contribution in [0, 0.1) is 13.8 Å². The molecule has 1 unspecified atom stereocenters. The number of hydrogen-bond acceptors (Lipinski definition) is 3. The zero-order valence-corrected chi connectivity index (χ0v) is 11.6. The quantitative estimate of drug-likeness (QED) is 0.785. The third kappa shape index (κ3) is 4.56. The Morgan fingerprint density at radius 2 is 2.00 bits per heavy atom. The summed E-state index contributed by atoms with van der Waals surface area (Å²) in [6.45, 7) is 4.58. The second-order valence-electron chi connectivity index (χ2n) is 5.36. The monoisotopic (exact) mass is 262 g/mol. The first-order valence-corrected chi connectivity index (χ1v) is 6.81. The minimum Gasteiger partial charge on any atom is -0.494 e. The minimum absolute atomic E-state index is 0.279. The average molecular weight is 262 g/mol. The van der Waals surface area contributed by atoms with Crippen molar-refractivity contribution in [3.8, 4) is 5.75 Å². The Bertz CT molecular complexity index is 435. The molecule has 1 aromatic carbocycles. The highest BCUT2D eigenvalue weighted by Crippen LogP contribution is 2.20. The third-order valence-electron chi connectivity index (χ3n) is 3.23. The van der Waals surface area contributed by atoms with Crippen molar-refractivity contribution in [3.05, 3.63) is 29.3 Å². The van der Waals surface area contributed by atoms with Gasteiger partial charge in [0.2, 0.25) is 5.91 Å². The van der Waals surface area contributed by atoms with Crippen molar-refractivity contribution in [2.45, 2.75) is 45.2 Å². The number of carbonyl (C=O) groups is 1. The van der Waals surface area contributed by atoms with E-state index in [1.165, 1.54) is 11.1 Å². The van der Waals surface area contributed by atoms with E-state index < -0.39 is 0 Å². The molecule has 1 amide bonds. The van der Waals surface area contributed by atoms with E-state index in [0.29, 0.717) is 19.1 Å². The standard InChI is InChI=1S/C15H22N2O2/c1-10-7-11(2)9-13(8-10)19-6-5-14(15(16)18)17-12-3-4-12/h7-9,12,14,17H,3-6H2,1-2H3,(H2,16,18). The number of amides is 1. The molecule has 2 rings (SSSR count). The fraction of sp³-hybridized carbons (Fsp3) is 0.533. The van der Waals surface area contributed by atoms with E-state index in [-0.39, 0.29) is 11.9 Å². The molecular weight excluding hydrogens is 240 g/mol. The summed E-state index contributed by atoms with van der Waals surface area (Å²) in [6.07, 6.45) is 2.89. The zero-order valence-electron chi connectivity index (χ0n) is 11.6. The van der Waals surface area contributed by atoms with E-state index >= 15 is 0 Å². The fourth-order valence-corrected chi connectivity index (χ4v) is 2.15. The summed E-state index contributed by atoms with van der Waals surface area (Å²) in [5, 5.41) is 3.24. The second kappa shape index (κ2) is 6.06. The number of nitrogens with one attached hydrogen (secondary N) is 1. The fourth-order valence-electron chi connectivity index (χ4n) is 2.15. The molecule has 0 heterocycles. The van der Waals surface area contributed by atoms with Crippen molar-refractivity contribution < 1.29 is 9.53 Å². The van der Waals surface area contributed by atoms with E-state index in [4.69, 9.17) is 10.5 Å². The summed E-state index contributed by atoms with van der Waals surface area (Å²) in [4.78, 5) is 11.3. The van der Waals surface area contributed by atoms with E-state index in [1.54, 1.807) is 0 Å². The van der Waals surface area contributed by atoms with E-state index in [0.717, 1.165) is 18.6 Å².